The topological polar surface area (TPSA) is 135 Å². The Morgan fingerprint density at radius 2 is 1.49 bits per heavy atom. The zero-order valence-corrected chi connectivity index (χ0v) is 24.9. The maximum absolute atomic E-state index is 11.7. The van der Waals surface area contributed by atoms with Crippen LogP contribution in [0.25, 0.3) is 17.0 Å². The van der Waals surface area contributed by atoms with Crippen molar-refractivity contribution in [1.82, 2.24) is 40.1 Å². The molecule has 12 nitrogen and oxygen atoms in total. The molecule has 0 spiro atoms. The molecule has 2 aromatic heterocycles. The highest BCUT2D eigenvalue weighted by Gasteiger charge is 2.42. The molecule has 0 bridgehead atoms. The number of fused-ring (bicyclic) bond motifs is 1. The van der Waals surface area contributed by atoms with Gasteiger partial charge < -0.3 is 15.8 Å². The monoisotopic (exact) mass is 679 g/mol. The Bertz CT molecular complexity index is 1210. The van der Waals surface area contributed by atoms with Gasteiger partial charge in [0.15, 0.2) is 0 Å². The van der Waals surface area contributed by atoms with Crippen molar-refractivity contribution in [3.05, 3.63) is 47.1 Å². The maximum Gasteiger partial charge on any atom is 0.302 e. The number of benzene rings is 1. The van der Waals surface area contributed by atoms with Crippen molar-refractivity contribution in [2.24, 2.45) is 0 Å². The largest absolute Gasteiger partial charge is 0.594 e. The van der Waals surface area contributed by atoms with Gasteiger partial charge in [0.25, 0.3) is 5.52 Å². The van der Waals surface area contributed by atoms with Gasteiger partial charge in [-0.2, -0.15) is 0 Å². The minimum atomic E-state index is -1.68. The van der Waals surface area contributed by atoms with Crippen molar-refractivity contribution in [1.29, 1.82) is 0 Å². The van der Waals surface area contributed by atoms with Crippen LogP contribution in [0, 0.1) is 5.21 Å². The van der Waals surface area contributed by atoms with Crippen molar-refractivity contribution in [2.75, 3.05) is 26.2 Å². The summed E-state index contributed by atoms with van der Waals surface area (Å²) in [6.45, 7) is 1.77. The number of hydrogen-bond donors (Lipinski definition) is 2. The molecule has 0 aliphatic carbocycles. The van der Waals surface area contributed by atoms with Gasteiger partial charge in [-0.25, -0.2) is 9.97 Å². The first kappa shape index (κ1) is 31.9. The zero-order valence-electron chi connectivity index (χ0n) is 19.6. The highest BCUT2D eigenvalue weighted by Crippen LogP contribution is 2.35. The summed E-state index contributed by atoms with van der Waals surface area (Å²) in [6.07, 6.45) is 4.16. The average molecular weight is 683 g/mol. The minimum absolute atomic E-state index is 0.271. The highest BCUT2D eigenvalue weighted by atomic mass is 35.6. The van der Waals surface area contributed by atoms with Crippen LogP contribution in [0.15, 0.2) is 36.9 Å². The Hall–Kier alpha value is -1.61. The number of carbonyl (C=O) groups excluding carboxylic acids is 2. The summed E-state index contributed by atoms with van der Waals surface area (Å²) >= 11 is 41.0. The quantitative estimate of drug-likeness (QED) is 0.168. The molecule has 3 aromatic rings. The number of aromatic nitrogens is 5. The van der Waals surface area contributed by atoms with E-state index in [9.17, 15) is 14.8 Å². The number of nitrogens with one attached hydrogen (secondary N) is 2. The number of imidazole rings is 1. The molecular formula is C20H20Cl7N9O3. The summed E-state index contributed by atoms with van der Waals surface area (Å²) in [5.41, 5.74) is 0.865. The molecule has 1 aromatic carbocycles. The molecule has 4 rings (SSSR count). The van der Waals surface area contributed by atoms with Crippen LogP contribution >= 0.6 is 81.2 Å². The number of nitrogens with zero attached hydrogens (tertiary/aromatic N) is 7. The molecule has 2 atom stereocenters. The molecule has 1 aliphatic rings. The van der Waals surface area contributed by atoms with Crippen LogP contribution in [0.4, 0.5) is 0 Å². The van der Waals surface area contributed by atoms with Crippen LogP contribution in [0.3, 0.4) is 0 Å². The van der Waals surface area contributed by atoms with Gasteiger partial charge in [-0.3, -0.25) is 24.0 Å². The second-order valence-corrected chi connectivity index (χ2v) is 13.1. The molecule has 1 saturated heterocycles. The van der Waals surface area contributed by atoms with E-state index in [2.05, 4.69) is 25.7 Å². The van der Waals surface area contributed by atoms with E-state index in [1.807, 2.05) is 0 Å². The lowest BCUT2D eigenvalue weighted by Gasteiger charge is -2.44. The van der Waals surface area contributed by atoms with E-state index in [1.165, 1.54) is 12.4 Å². The first-order valence-electron chi connectivity index (χ1n) is 10.9. The first-order valence-corrected chi connectivity index (χ1v) is 13.6. The summed E-state index contributed by atoms with van der Waals surface area (Å²) < 4.78 is -1.81. The molecule has 212 valence electrons. The van der Waals surface area contributed by atoms with Crippen molar-refractivity contribution in [3.63, 3.8) is 0 Å². The summed E-state index contributed by atoms with van der Waals surface area (Å²) in [6, 6.07) is 4.88. The van der Waals surface area contributed by atoms with Gasteiger partial charge in [0.1, 0.15) is 24.2 Å². The van der Waals surface area contributed by atoms with Gasteiger partial charge in [0.05, 0.1) is 5.10 Å². The smallest absolute Gasteiger partial charge is 0.302 e. The molecule has 3 heterocycles. The number of halogens is 7. The molecule has 39 heavy (non-hydrogen) atoms. The van der Waals surface area contributed by atoms with Crippen LogP contribution in [-0.2, 0) is 9.59 Å². The second kappa shape index (κ2) is 13.8. The molecule has 1 fully saturated rings. The fourth-order valence-corrected chi connectivity index (χ4v) is 5.07. The lowest BCUT2D eigenvalue weighted by molar-refractivity contribution is -0.642. The van der Waals surface area contributed by atoms with E-state index < -0.39 is 19.9 Å². The van der Waals surface area contributed by atoms with Crippen molar-refractivity contribution < 1.29 is 14.4 Å². The molecule has 0 saturated carbocycles. The predicted octanol–water partition coefficient (Wildman–Crippen LogP) is 2.59. The number of hydrogen-bond acceptors (Lipinski definition) is 8. The lowest BCUT2D eigenvalue weighted by Crippen LogP contribution is -2.63. The number of carbonyl (C=O) groups is 2. The maximum atomic E-state index is 11.7. The van der Waals surface area contributed by atoms with E-state index in [4.69, 9.17) is 81.2 Å². The number of piperazine rings is 1. The van der Waals surface area contributed by atoms with Crippen LogP contribution in [0.2, 0.25) is 5.02 Å². The summed E-state index contributed by atoms with van der Waals surface area (Å²) in [7, 11) is 0. The number of amides is 2. The molecule has 2 unspecified atom stereocenters. The lowest BCUT2D eigenvalue weighted by atomic mass is 10.2. The predicted molar refractivity (Wildman–Crippen MR) is 150 cm³/mol. The van der Waals surface area contributed by atoms with Crippen LogP contribution in [-0.4, -0.2) is 88.3 Å². The van der Waals surface area contributed by atoms with Gasteiger partial charge in [0, 0.05) is 49.7 Å². The third-order valence-electron chi connectivity index (χ3n) is 5.43. The Balaban J connectivity index is 0.000000221. The normalized spacial score (nSPS) is 16.6. The van der Waals surface area contributed by atoms with E-state index >= 15 is 0 Å². The van der Waals surface area contributed by atoms with Crippen LogP contribution in [0.1, 0.15) is 0 Å². The third kappa shape index (κ3) is 8.69. The molecule has 19 heteroatoms. The summed E-state index contributed by atoms with van der Waals surface area (Å²) in [5, 5.41) is 20.9. The van der Waals surface area contributed by atoms with Gasteiger partial charge in [-0.1, -0.05) is 81.2 Å². The minimum Gasteiger partial charge on any atom is -0.594 e. The fraction of sp³-hybridized carbons (Fsp3) is 0.400. The fourth-order valence-electron chi connectivity index (χ4n) is 3.69. The first-order chi connectivity index (χ1) is 18.3. The number of alkyl halides is 6. The van der Waals surface area contributed by atoms with Gasteiger partial charge in [-0.05, 0) is 17.0 Å². The van der Waals surface area contributed by atoms with E-state index in [0.29, 0.717) is 59.9 Å². The Morgan fingerprint density at radius 3 is 1.92 bits per heavy atom. The Kier molecular flexibility index (Phi) is 11.3. The summed E-state index contributed by atoms with van der Waals surface area (Å²) in [5.74, 6) is 0.271. The second-order valence-electron chi connectivity index (χ2n) is 7.92. The van der Waals surface area contributed by atoms with Crippen molar-refractivity contribution in [3.8, 4) is 5.95 Å². The van der Waals surface area contributed by atoms with E-state index in [0.717, 1.165) is 0 Å². The molecule has 2 amide bonds. The zero-order chi connectivity index (χ0) is 28.8. The summed E-state index contributed by atoms with van der Waals surface area (Å²) in [4.78, 5) is 33.5. The molecular weight excluding hydrogens is 662 g/mol. The molecule has 1 aliphatic heterocycles. The standard InChI is InChI=1S/C10H14Cl6N4O2.C10H6ClN5O/c11-9(12,13)7(17-5-21)19-1-2-20(4-3-19)8(18-6-22)10(14,15)16;11-7-1-2-8-9(5-7)16(17)14-10(13-8)15-4-3-12-6-15/h5-8H,1-4H2,(H,17,21)(H,18,22);1-6H. The van der Waals surface area contributed by atoms with Gasteiger partial charge in [0.2, 0.25) is 20.4 Å². The molecule has 2 N–H and O–H groups in total. The van der Waals surface area contributed by atoms with E-state index in [-0.39, 0.29) is 5.95 Å². The van der Waals surface area contributed by atoms with Gasteiger partial charge >= 0.3 is 5.95 Å². The SMILES string of the molecule is O=CNC(N1CCN(C(NC=O)C(Cl)(Cl)Cl)CC1)C(Cl)(Cl)Cl.[O-][n+]1nc(-n2ccnc2)nc2ccc(Cl)cc21. The van der Waals surface area contributed by atoms with E-state index in [1.54, 1.807) is 38.9 Å². The van der Waals surface area contributed by atoms with Crippen molar-refractivity contribution in [2.45, 2.75) is 19.9 Å². The van der Waals surface area contributed by atoms with Crippen LogP contribution < -0.4 is 15.5 Å². The number of rotatable bonds is 7. The third-order valence-corrected chi connectivity index (χ3v) is 6.91. The highest BCUT2D eigenvalue weighted by molar-refractivity contribution is 6.68. The van der Waals surface area contributed by atoms with Crippen LogP contribution in [0.5, 0.6) is 0 Å². The molecule has 0 radical (unpaired) electrons. The Labute approximate surface area is 257 Å². The van der Waals surface area contributed by atoms with Gasteiger partial charge in [-0.15, -0.1) is 0 Å². The Morgan fingerprint density at radius 1 is 0.949 bits per heavy atom. The van der Waals surface area contributed by atoms with Crippen molar-refractivity contribution >= 4 is 105 Å². The average Bonchev–Trinajstić information content (AvgIpc) is 3.41.